The normalized spacial score (nSPS) is 12.3. The van der Waals surface area contributed by atoms with Crippen molar-refractivity contribution >= 4 is 40.6 Å². The van der Waals surface area contributed by atoms with Crippen molar-refractivity contribution < 1.29 is 24.6 Å². The topological polar surface area (TPSA) is 119 Å². The van der Waals surface area contributed by atoms with Crippen LogP contribution in [0.2, 0.25) is 0 Å². The van der Waals surface area contributed by atoms with Gasteiger partial charge in [-0.3, -0.25) is 9.59 Å². The van der Waals surface area contributed by atoms with Crippen molar-refractivity contribution in [3.8, 4) is 11.5 Å². The Morgan fingerprint density at radius 1 is 0.536 bits per heavy atom. The van der Waals surface area contributed by atoms with Crippen LogP contribution in [0.5, 0.6) is 11.5 Å². The second-order valence-corrected chi connectivity index (χ2v) is 16.3. The Kier molecular flexibility index (Phi) is 24.1. The summed E-state index contributed by atoms with van der Waals surface area (Å²) in [4.78, 5) is 40.9. The van der Waals surface area contributed by atoms with Crippen molar-refractivity contribution in [2.45, 2.75) is 203 Å². The van der Waals surface area contributed by atoms with Gasteiger partial charge in [0.05, 0.1) is 5.56 Å². The van der Waals surface area contributed by atoms with Gasteiger partial charge >= 0.3 is 6.08 Å². The smallest absolute Gasteiger partial charge is 0.437 e. The van der Waals surface area contributed by atoms with E-state index in [0.29, 0.717) is 33.8 Å². The summed E-state index contributed by atoms with van der Waals surface area (Å²) in [5, 5.41) is 28.6. The molecule has 2 amide bonds. The number of hydrogen-bond acceptors (Lipinski definition) is 5. The Labute approximate surface area is 340 Å². The molecule has 0 aliphatic rings. The monoisotopic (exact) mass is 777 g/mol. The van der Waals surface area contributed by atoms with Crippen molar-refractivity contribution in [1.82, 2.24) is 4.58 Å². The van der Waals surface area contributed by atoms with Crippen LogP contribution in [0.4, 0.5) is 22.7 Å². The summed E-state index contributed by atoms with van der Waals surface area (Å²) in [6, 6.07) is 5.13. The van der Waals surface area contributed by atoms with Crippen LogP contribution in [-0.4, -0.2) is 28.1 Å². The third-order valence-corrected chi connectivity index (χ3v) is 11.6. The van der Waals surface area contributed by atoms with Crippen LogP contribution in [0.15, 0.2) is 18.2 Å². The van der Waals surface area contributed by atoms with Gasteiger partial charge in [-0.25, -0.2) is 0 Å². The van der Waals surface area contributed by atoms with E-state index in [1.165, 1.54) is 55.9 Å². The molecule has 0 radical (unpaired) electrons. The summed E-state index contributed by atoms with van der Waals surface area (Å²) in [6.07, 6.45) is 27.8. The molecule has 4 N–H and O–H groups in total. The number of amides is 2. The second kappa shape index (κ2) is 27.9. The van der Waals surface area contributed by atoms with E-state index in [4.69, 9.17) is 0 Å². The van der Waals surface area contributed by atoms with Gasteiger partial charge in [-0.1, -0.05) is 161 Å². The van der Waals surface area contributed by atoms with Gasteiger partial charge in [0, 0.05) is 40.9 Å². The molecule has 0 aromatic heterocycles. The number of anilines is 2. The molecule has 2 unspecified atom stereocenters. The third-order valence-electron chi connectivity index (χ3n) is 11.6. The molecular weight excluding hydrogens is 699 g/mol. The number of isocyanates is 1. The van der Waals surface area contributed by atoms with Gasteiger partial charge in [0.1, 0.15) is 5.75 Å². The number of carbonyl (C=O) groups is 2. The maximum absolute atomic E-state index is 14.1. The van der Waals surface area contributed by atoms with E-state index in [-0.39, 0.29) is 40.8 Å². The van der Waals surface area contributed by atoms with Crippen LogP contribution in [0.25, 0.3) is 0 Å². The van der Waals surface area contributed by atoms with E-state index in [1.807, 2.05) is 6.08 Å². The zero-order valence-corrected chi connectivity index (χ0v) is 36.4. The zero-order chi connectivity index (χ0) is 41.3. The minimum absolute atomic E-state index is 0.0187. The molecule has 0 heterocycles. The van der Waals surface area contributed by atoms with Gasteiger partial charge < -0.3 is 20.8 Å². The van der Waals surface area contributed by atoms with Crippen LogP contribution in [0, 0.1) is 32.6 Å². The van der Waals surface area contributed by atoms with Crippen LogP contribution in [0.3, 0.4) is 0 Å². The number of unbranched alkanes of at least 4 members (excludes halogenated alkanes) is 16. The lowest BCUT2D eigenvalue weighted by Gasteiger charge is -2.19. The Hall–Kier alpha value is -3.64. The highest BCUT2D eigenvalue weighted by Gasteiger charge is 2.30. The first-order valence-electron chi connectivity index (χ1n) is 22.5. The number of nitrogens with zero attached hydrogens (tertiary/aromatic N) is 1. The molecule has 0 aliphatic carbocycles. The van der Waals surface area contributed by atoms with E-state index >= 15 is 0 Å². The molecule has 0 fully saturated rings. The molecule has 8 heteroatoms. The number of carbonyl (C=O) groups excluding carboxylic acids is 3. The lowest BCUT2D eigenvalue weighted by Crippen LogP contribution is -2.24. The molecule has 2 aromatic carbocycles. The predicted molar refractivity (Wildman–Crippen MR) is 235 cm³/mol. The summed E-state index contributed by atoms with van der Waals surface area (Å²) >= 11 is 0. The SMILES string of the molecule is CCCCCCCCC(CCCCCC)C(=O)Nc1cc(NC(=O)C(CCCCCC)CCCCCCCC)cc([N+](=C=O)c2c(C)c(O)c(C)c(C)c2O)c1. The maximum atomic E-state index is 14.1. The molecule has 0 saturated heterocycles. The van der Waals surface area contributed by atoms with Gasteiger partial charge in [0.25, 0.3) is 5.69 Å². The molecule has 2 rings (SSSR count). The van der Waals surface area contributed by atoms with Crippen molar-refractivity contribution in [3.63, 3.8) is 0 Å². The lowest BCUT2D eigenvalue weighted by molar-refractivity contribution is -0.121. The number of hydrogen-bond donors (Lipinski definition) is 4. The molecule has 0 aliphatic heterocycles. The van der Waals surface area contributed by atoms with Gasteiger partial charge in [-0.15, -0.1) is 0 Å². The highest BCUT2D eigenvalue weighted by molar-refractivity contribution is 5.97. The van der Waals surface area contributed by atoms with Gasteiger partial charge in [-0.2, -0.15) is 4.79 Å². The summed E-state index contributed by atoms with van der Waals surface area (Å²) in [5.41, 5.74) is 2.60. The number of benzene rings is 2. The Morgan fingerprint density at radius 2 is 0.875 bits per heavy atom. The van der Waals surface area contributed by atoms with Crippen LogP contribution >= 0.6 is 0 Å². The number of phenols is 2. The molecule has 2 atom stereocenters. The second-order valence-electron chi connectivity index (χ2n) is 16.3. The van der Waals surface area contributed by atoms with Crippen LogP contribution in [0.1, 0.15) is 198 Å². The molecule has 0 bridgehead atoms. The van der Waals surface area contributed by atoms with E-state index in [9.17, 15) is 24.6 Å². The van der Waals surface area contributed by atoms with Crippen LogP contribution < -0.4 is 15.2 Å². The minimum Gasteiger partial charge on any atom is -0.507 e. The summed E-state index contributed by atoms with van der Waals surface area (Å²) < 4.78 is 1.17. The van der Waals surface area contributed by atoms with Gasteiger partial charge in [0.2, 0.25) is 17.5 Å². The number of nitrogens with one attached hydrogen (secondary N) is 2. The molecule has 2 aromatic rings. The highest BCUT2D eigenvalue weighted by atomic mass is 16.3. The van der Waals surface area contributed by atoms with E-state index in [1.54, 1.807) is 39.0 Å². The van der Waals surface area contributed by atoms with Crippen molar-refractivity contribution in [2.24, 2.45) is 11.8 Å². The number of phenolic OH excluding ortho intramolecular Hbond substituents is 2. The molecule has 314 valence electrons. The van der Waals surface area contributed by atoms with E-state index < -0.39 is 0 Å². The first-order valence-corrected chi connectivity index (χ1v) is 22.5. The van der Waals surface area contributed by atoms with Crippen LogP contribution in [-0.2, 0) is 14.4 Å². The Morgan fingerprint density at radius 3 is 1.25 bits per heavy atom. The van der Waals surface area contributed by atoms with Crippen molar-refractivity contribution in [3.05, 3.63) is 34.9 Å². The largest absolute Gasteiger partial charge is 0.507 e. The zero-order valence-electron chi connectivity index (χ0n) is 36.4. The fraction of sp³-hybridized carbons (Fsp3) is 0.688. The average Bonchev–Trinajstić information content (AvgIpc) is 3.18. The van der Waals surface area contributed by atoms with E-state index in [0.717, 1.165) is 103 Å². The van der Waals surface area contributed by atoms with Crippen molar-refractivity contribution in [1.29, 1.82) is 0 Å². The molecule has 56 heavy (non-hydrogen) atoms. The van der Waals surface area contributed by atoms with Gasteiger partial charge in [0.15, 0.2) is 5.75 Å². The average molecular weight is 777 g/mol. The number of rotatable bonds is 30. The minimum atomic E-state index is -0.152. The van der Waals surface area contributed by atoms with E-state index in [2.05, 4.69) is 38.3 Å². The molecule has 0 saturated carbocycles. The molecule has 8 nitrogen and oxygen atoms in total. The standard InChI is InChI=1S/C48H77N3O5/c1-8-12-16-20-22-26-30-39(28-24-18-14-10-3)47(55)49-41-32-42(50-48(56)40(29-25-19-15-11-4)31-27-23-21-17-13-9-2)34-43(33-41)51(35-52)44-38(7)45(53)36(5)37(6)46(44)54/h32-34,39-40H,8-31H2,1-7H3,(H3-,49,50,53,54,55,56)/p+1. The first kappa shape index (κ1) is 48.5. The maximum Gasteiger partial charge on any atom is 0.437 e. The number of aromatic hydroxyl groups is 2. The highest BCUT2D eigenvalue weighted by Crippen LogP contribution is 2.43. The first-order chi connectivity index (χ1) is 27.0. The third kappa shape index (κ3) is 16.5. The van der Waals surface area contributed by atoms with Crippen molar-refractivity contribution in [2.75, 3.05) is 10.6 Å². The molecule has 0 spiro atoms. The fourth-order valence-electron chi connectivity index (χ4n) is 7.77. The van der Waals surface area contributed by atoms with Gasteiger partial charge in [-0.05, 0) is 58.1 Å². The quantitative estimate of drug-likeness (QED) is 0.0207. The summed E-state index contributed by atoms with van der Waals surface area (Å²) in [6.45, 7) is 13.9. The summed E-state index contributed by atoms with van der Waals surface area (Å²) in [7, 11) is 0. The fourth-order valence-corrected chi connectivity index (χ4v) is 7.77. The summed E-state index contributed by atoms with van der Waals surface area (Å²) in [5.74, 6) is -0.590. The Bertz CT molecular complexity index is 1440. The predicted octanol–water partition coefficient (Wildman–Crippen LogP) is 13.7. The molecular formula is C48H78N3O5+. The lowest BCUT2D eigenvalue weighted by atomic mass is 9.93. The Balaban J connectivity index is 2.53.